The monoisotopic (exact) mass is 229 g/mol. The lowest BCUT2D eigenvalue weighted by atomic mass is 10.1. The minimum Gasteiger partial charge on any atom is -0.508 e. The molecule has 0 heterocycles. The number of rotatable bonds is 3. The second kappa shape index (κ2) is 4.69. The van der Waals surface area contributed by atoms with Crippen LogP contribution in [0.15, 0.2) is 12.1 Å². The Morgan fingerprint density at radius 3 is 2.50 bits per heavy atom. The van der Waals surface area contributed by atoms with Crippen LogP contribution in [0.25, 0.3) is 0 Å². The standard InChI is InChI=1S/C9H11NO6/c1-16-8(12)3-5-2-6(11)4-7(9(5)13)10(14)15/h2,4,11,13-15H,3H2,1H3. The van der Waals surface area contributed by atoms with Gasteiger partial charge in [-0.2, -0.15) is 0 Å². The van der Waals surface area contributed by atoms with Gasteiger partial charge in [0.1, 0.15) is 17.2 Å². The van der Waals surface area contributed by atoms with Gasteiger partial charge in [-0.15, -0.1) is 5.23 Å². The molecular formula is C9H11NO6. The Balaban J connectivity index is 3.14. The van der Waals surface area contributed by atoms with E-state index in [9.17, 15) is 15.0 Å². The summed E-state index contributed by atoms with van der Waals surface area (Å²) in [7, 11) is 1.17. The molecule has 1 aromatic carbocycles. The molecule has 7 heteroatoms. The smallest absolute Gasteiger partial charge is 0.310 e. The highest BCUT2D eigenvalue weighted by molar-refractivity contribution is 5.75. The minimum atomic E-state index is -0.630. The first-order valence-corrected chi connectivity index (χ1v) is 4.25. The molecule has 0 aliphatic heterocycles. The molecule has 0 saturated carbocycles. The molecule has 0 atom stereocenters. The third kappa shape index (κ3) is 2.53. The molecule has 16 heavy (non-hydrogen) atoms. The molecule has 88 valence electrons. The number of anilines is 1. The van der Waals surface area contributed by atoms with Crippen LogP contribution in [0, 0.1) is 0 Å². The van der Waals surface area contributed by atoms with Crippen molar-refractivity contribution in [1.29, 1.82) is 0 Å². The zero-order chi connectivity index (χ0) is 12.3. The van der Waals surface area contributed by atoms with E-state index in [4.69, 9.17) is 10.4 Å². The van der Waals surface area contributed by atoms with E-state index in [0.717, 1.165) is 12.1 Å². The Kier molecular flexibility index (Phi) is 3.54. The van der Waals surface area contributed by atoms with Crippen LogP contribution in [0.3, 0.4) is 0 Å². The fourth-order valence-electron chi connectivity index (χ4n) is 1.18. The number of methoxy groups -OCH3 is 1. The van der Waals surface area contributed by atoms with Gasteiger partial charge in [0, 0.05) is 11.6 Å². The van der Waals surface area contributed by atoms with Gasteiger partial charge in [-0.1, -0.05) is 0 Å². The van der Waals surface area contributed by atoms with Crippen LogP contribution < -0.4 is 5.23 Å². The third-order valence-electron chi connectivity index (χ3n) is 1.93. The second-order valence-corrected chi connectivity index (χ2v) is 3.01. The molecule has 7 nitrogen and oxygen atoms in total. The van der Waals surface area contributed by atoms with Crippen LogP contribution in [-0.2, 0) is 16.0 Å². The van der Waals surface area contributed by atoms with Crippen LogP contribution in [0.2, 0.25) is 0 Å². The summed E-state index contributed by atoms with van der Waals surface area (Å²) in [5.74, 6) is -1.47. The first-order chi connectivity index (χ1) is 7.45. The number of benzene rings is 1. The maximum atomic E-state index is 11.0. The Morgan fingerprint density at radius 2 is 2.00 bits per heavy atom. The van der Waals surface area contributed by atoms with Gasteiger partial charge in [0.2, 0.25) is 0 Å². The Morgan fingerprint density at radius 1 is 1.38 bits per heavy atom. The van der Waals surface area contributed by atoms with Crippen molar-refractivity contribution in [2.75, 3.05) is 12.3 Å². The van der Waals surface area contributed by atoms with Gasteiger partial charge in [0.25, 0.3) is 0 Å². The van der Waals surface area contributed by atoms with Crippen molar-refractivity contribution >= 4 is 11.7 Å². The summed E-state index contributed by atoms with van der Waals surface area (Å²) in [6.45, 7) is 0. The number of hydrogen-bond donors (Lipinski definition) is 4. The summed E-state index contributed by atoms with van der Waals surface area (Å²) >= 11 is 0. The quantitative estimate of drug-likeness (QED) is 0.337. The molecule has 1 rings (SSSR count). The summed E-state index contributed by atoms with van der Waals surface area (Å²) in [4.78, 5) is 11.0. The van der Waals surface area contributed by atoms with Crippen molar-refractivity contribution in [1.82, 2.24) is 0 Å². The number of aromatic hydroxyl groups is 2. The summed E-state index contributed by atoms with van der Waals surface area (Å²) in [5.41, 5.74) is -0.408. The zero-order valence-corrected chi connectivity index (χ0v) is 8.41. The van der Waals surface area contributed by atoms with Crippen molar-refractivity contribution in [3.63, 3.8) is 0 Å². The lowest BCUT2D eigenvalue weighted by Crippen LogP contribution is -2.12. The van der Waals surface area contributed by atoms with Gasteiger partial charge in [-0.25, -0.2) is 0 Å². The molecule has 0 aliphatic carbocycles. The molecular weight excluding hydrogens is 218 g/mol. The summed E-state index contributed by atoms with van der Waals surface area (Å²) in [6, 6.07) is 2.05. The highest BCUT2D eigenvalue weighted by Crippen LogP contribution is 2.34. The van der Waals surface area contributed by atoms with Crippen LogP contribution in [0.4, 0.5) is 5.69 Å². The fourth-order valence-corrected chi connectivity index (χ4v) is 1.18. The van der Waals surface area contributed by atoms with Gasteiger partial charge < -0.3 is 14.9 Å². The number of phenolic OH excluding ortho intramolecular Hbond substituents is 2. The highest BCUT2D eigenvalue weighted by Gasteiger charge is 2.16. The van der Waals surface area contributed by atoms with Gasteiger partial charge in [-0.05, 0) is 6.07 Å². The number of esters is 1. The lowest BCUT2D eigenvalue weighted by Gasteiger charge is -2.13. The van der Waals surface area contributed by atoms with Gasteiger partial charge in [0.15, 0.2) is 0 Å². The van der Waals surface area contributed by atoms with E-state index in [1.54, 1.807) is 0 Å². The predicted octanol–water partition coefficient (Wildman–Crippen LogP) is 0.398. The maximum absolute atomic E-state index is 11.0. The van der Waals surface area contributed by atoms with E-state index < -0.39 is 17.4 Å². The van der Waals surface area contributed by atoms with Crippen LogP contribution in [0.1, 0.15) is 5.56 Å². The summed E-state index contributed by atoms with van der Waals surface area (Å²) in [6.07, 6.45) is -0.294. The molecule has 0 saturated heterocycles. The molecule has 0 amide bonds. The summed E-state index contributed by atoms with van der Waals surface area (Å²) < 4.78 is 4.38. The number of carbonyl (C=O) groups is 1. The minimum absolute atomic E-state index is 0.0231. The molecule has 4 N–H and O–H groups in total. The lowest BCUT2D eigenvalue weighted by molar-refractivity contribution is -0.139. The Hall–Kier alpha value is -1.99. The maximum Gasteiger partial charge on any atom is 0.310 e. The summed E-state index contributed by atoms with van der Waals surface area (Å²) in [5, 5.41) is 35.9. The average Bonchev–Trinajstić information content (AvgIpc) is 2.22. The number of nitrogens with zero attached hydrogens (tertiary/aromatic N) is 1. The van der Waals surface area contributed by atoms with Crippen LogP contribution in [-0.4, -0.2) is 33.7 Å². The highest BCUT2D eigenvalue weighted by atomic mass is 16.8. The molecule has 0 spiro atoms. The van der Waals surface area contributed by atoms with Crippen molar-refractivity contribution in [2.45, 2.75) is 6.42 Å². The molecule has 0 bridgehead atoms. The number of phenols is 2. The van der Waals surface area contributed by atoms with E-state index in [1.165, 1.54) is 7.11 Å². The number of ether oxygens (including phenoxy) is 1. The molecule has 0 unspecified atom stereocenters. The molecule has 0 fully saturated rings. The van der Waals surface area contributed by atoms with Gasteiger partial charge in [-0.3, -0.25) is 15.2 Å². The first-order valence-electron chi connectivity index (χ1n) is 4.25. The van der Waals surface area contributed by atoms with E-state index in [1.807, 2.05) is 0 Å². The normalized spacial score (nSPS) is 9.94. The van der Waals surface area contributed by atoms with Crippen LogP contribution >= 0.6 is 0 Å². The molecule has 0 aliphatic rings. The number of hydrogen-bond acceptors (Lipinski definition) is 7. The van der Waals surface area contributed by atoms with Crippen molar-refractivity contribution in [3.8, 4) is 11.5 Å². The predicted molar refractivity (Wildman–Crippen MR) is 51.5 cm³/mol. The van der Waals surface area contributed by atoms with Gasteiger partial charge >= 0.3 is 5.97 Å². The molecule has 0 aromatic heterocycles. The second-order valence-electron chi connectivity index (χ2n) is 3.01. The SMILES string of the molecule is COC(=O)Cc1cc(O)cc(N(O)O)c1O. The Labute approximate surface area is 90.6 Å². The zero-order valence-electron chi connectivity index (χ0n) is 8.41. The fraction of sp³-hybridized carbons (Fsp3) is 0.222. The molecule has 0 radical (unpaired) electrons. The van der Waals surface area contributed by atoms with Crippen LogP contribution in [0.5, 0.6) is 11.5 Å². The van der Waals surface area contributed by atoms with Crippen molar-refractivity contribution in [3.05, 3.63) is 17.7 Å². The van der Waals surface area contributed by atoms with Gasteiger partial charge in [0.05, 0.1) is 13.5 Å². The Bertz CT molecular complexity index is 403. The van der Waals surface area contributed by atoms with Crippen molar-refractivity contribution in [2.24, 2.45) is 0 Å². The van der Waals surface area contributed by atoms with E-state index in [2.05, 4.69) is 4.74 Å². The van der Waals surface area contributed by atoms with E-state index >= 15 is 0 Å². The number of carbonyl (C=O) groups excluding carboxylic acids is 1. The first kappa shape index (κ1) is 12.1. The van der Waals surface area contributed by atoms with E-state index in [-0.39, 0.29) is 23.0 Å². The molecule has 1 aromatic rings. The largest absolute Gasteiger partial charge is 0.508 e. The van der Waals surface area contributed by atoms with Crippen molar-refractivity contribution < 1.29 is 30.2 Å². The topological polar surface area (TPSA) is 110 Å². The van der Waals surface area contributed by atoms with E-state index in [0.29, 0.717) is 0 Å². The average molecular weight is 229 g/mol. The third-order valence-corrected chi connectivity index (χ3v) is 1.93.